The molecule has 2 aromatic rings. The zero-order chi connectivity index (χ0) is 14.4. The minimum atomic E-state index is 0.372. The van der Waals surface area contributed by atoms with Gasteiger partial charge in [0.1, 0.15) is 16.8 Å². The fourth-order valence-corrected chi connectivity index (χ4v) is 3.01. The Bertz CT molecular complexity index is 581. The van der Waals surface area contributed by atoms with E-state index < -0.39 is 0 Å². The molecule has 0 bridgehead atoms. The second kappa shape index (κ2) is 7.84. The summed E-state index contributed by atoms with van der Waals surface area (Å²) in [5, 5.41) is 2.01. The van der Waals surface area contributed by atoms with Gasteiger partial charge in [0.05, 0.1) is 0 Å². The average Bonchev–Trinajstić information content (AvgIpc) is 2.44. The van der Waals surface area contributed by atoms with E-state index in [4.69, 9.17) is 27.9 Å². The lowest BCUT2D eigenvalue weighted by Gasteiger charge is -2.06. The minimum Gasteiger partial charge on any atom is -0.374 e. The van der Waals surface area contributed by atoms with E-state index in [2.05, 4.69) is 9.97 Å². The zero-order valence-electron chi connectivity index (χ0n) is 11.0. The SMILES string of the molecule is CCOCc1nc(Cl)cc(SCc2ccccc2Cl)n1. The third kappa shape index (κ3) is 4.63. The van der Waals surface area contributed by atoms with Crippen LogP contribution in [0.1, 0.15) is 18.3 Å². The van der Waals surface area contributed by atoms with Gasteiger partial charge < -0.3 is 4.74 Å². The van der Waals surface area contributed by atoms with Crippen molar-refractivity contribution in [2.24, 2.45) is 0 Å². The van der Waals surface area contributed by atoms with Crippen LogP contribution in [0, 0.1) is 0 Å². The summed E-state index contributed by atoms with van der Waals surface area (Å²) < 4.78 is 5.30. The Morgan fingerprint density at radius 1 is 1.20 bits per heavy atom. The maximum absolute atomic E-state index is 6.13. The van der Waals surface area contributed by atoms with Crippen LogP contribution in [0.25, 0.3) is 0 Å². The van der Waals surface area contributed by atoms with Crippen LogP contribution >= 0.6 is 35.0 Å². The van der Waals surface area contributed by atoms with E-state index in [1.54, 1.807) is 17.8 Å². The lowest BCUT2D eigenvalue weighted by atomic mass is 10.2. The van der Waals surface area contributed by atoms with E-state index in [1.807, 2.05) is 31.2 Å². The molecule has 0 saturated heterocycles. The van der Waals surface area contributed by atoms with Crippen molar-refractivity contribution in [2.75, 3.05) is 6.61 Å². The summed E-state index contributed by atoms with van der Waals surface area (Å²) in [6, 6.07) is 9.51. The van der Waals surface area contributed by atoms with E-state index in [9.17, 15) is 0 Å². The van der Waals surface area contributed by atoms with Gasteiger partial charge in [-0.15, -0.1) is 11.8 Å². The second-order valence-corrected chi connectivity index (χ2v) is 5.75. The minimum absolute atomic E-state index is 0.372. The number of nitrogens with zero attached hydrogens (tertiary/aromatic N) is 2. The normalized spacial score (nSPS) is 10.8. The first kappa shape index (κ1) is 15.6. The van der Waals surface area contributed by atoms with Crippen LogP contribution in [-0.4, -0.2) is 16.6 Å². The summed E-state index contributed by atoms with van der Waals surface area (Å²) in [6.45, 7) is 2.92. The summed E-state index contributed by atoms with van der Waals surface area (Å²) in [5.41, 5.74) is 1.07. The molecule has 20 heavy (non-hydrogen) atoms. The second-order valence-electron chi connectivity index (χ2n) is 3.96. The highest BCUT2D eigenvalue weighted by Gasteiger charge is 2.06. The maximum atomic E-state index is 6.13. The molecule has 0 radical (unpaired) electrons. The first-order valence-electron chi connectivity index (χ1n) is 6.16. The molecule has 6 heteroatoms. The summed E-state index contributed by atoms with van der Waals surface area (Å²) in [4.78, 5) is 8.55. The highest BCUT2D eigenvalue weighted by Crippen LogP contribution is 2.26. The molecule has 0 N–H and O–H groups in total. The molecule has 0 aliphatic heterocycles. The lowest BCUT2D eigenvalue weighted by molar-refractivity contribution is 0.128. The molecule has 0 spiro atoms. The third-order valence-corrected chi connectivity index (χ3v) is 4.01. The number of ether oxygens (including phenoxy) is 1. The zero-order valence-corrected chi connectivity index (χ0v) is 13.3. The average molecular weight is 329 g/mol. The van der Waals surface area contributed by atoms with Gasteiger partial charge in [0.25, 0.3) is 0 Å². The lowest BCUT2D eigenvalue weighted by Crippen LogP contribution is -2.00. The van der Waals surface area contributed by atoms with Crippen molar-refractivity contribution in [1.82, 2.24) is 9.97 Å². The molecule has 0 aliphatic carbocycles. The monoisotopic (exact) mass is 328 g/mol. The van der Waals surface area contributed by atoms with Gasteiger partial charge in [-0.1, -0.05) is 41.4 Å². The quantitative estimate of drug-likeness (QED) is 0.572. The number of aromatic nitrogens is 2. The highest BCUT2D eigenvalue weighted by molar-refractivity contribution is 7.98. The van der Waals surface area contributed by atoms with Gasteiger partial charge >= 0.3 is 0 Å². The van der Waals surface area contributed by atoms with E-state index in [-0.39, 0.29) is 0 Å². The summed E-state index contributed by atoms with van der Waals surface area (Å²) in [6.07, 6.45) is 0. The predicted octanol–water partition coefficient (Wildman–Crippen LogP) is 4.61. The molecule has 0 atom stereocenters. The Morgan fingerprint density at radius 3 is 2.75 bits per heavy atom. The predicted molar refractivity (Wildman–Crippen MR) is 83.4 cm³/mol. The van der Waals surface area contributed by atoms with Crippen LogP contribution in [0.3, 0.4) is 0 Å². The van der Waals surface area contributed by atoms with Crippen molar-refractivity contribution in [2.45, 2.75) is 24.3 Å². The van der Waals surface area contributed by atoms with Crippen LogP contribution in [0.15, 0.2) is 35.4 Å². The molecular weight excluding hydrogens is 315 g/mol. The van der Waals surface area contributed by atoms with Crippen LogP contribution in [0.5, 0.6) is 0 Å². The molecule has 1 heterocycles. The number of hydrogen-bond acceptors (Lipinski definition) is 4. The fourth-order valence-electron chi connectivity index (χ4n) is 1.54. The van der Waals surface area contributed by atoms with E-state index in [0.29, 0.717) is 24.2 Å². The summed E-state index contributed by atoms with van der Waals surface area (Å²) in [7, 11) is 0. The van der Waals surface area contributed by atoms with Crippen molar-refractivity contribution >= 4 is 35.0 Å². The van der Waals surface area contributed by atoms with Crippen molar-refractivity contribution in [3.05, 3.63) is 51.9 Å². The number of benzene rings is 1. The Labute approximate surface area is 132 Å². The van der Waals surface area contributed by atoms with Gasteiger partial charge in [0, 0.05) is 23.4 Å². The third-order valence-electron chi connectivity index (χ3n) is 2.49. The van der Waals surface area contributed by atoms with Gasteiger partial charge in [-0.2, -0.15) is 0 Å². The molecule has 0 amide bonds. The number of thioether (sulfide) groups is 1. The molecule has 106 valence electrons. The Kier molecular flexibility index (Phi) is 6.10. The van der Waals surface area contributed by atoms with Crippen molar-refractivity contribution in [3.8, 4) is 0 Å². The molecule has 0 aliphatic rings. The van der Waals surface area contributed by atoms with Gasteiger partial charge in [-0.3, -0.25) is 0 Å². The van der Waals surface area contributed by atoms with E-state index >= 15 is 0 Å². The molecule has 2 rings (SSSR count). The summed E-state index contributed by atoms with van der Waals surface area (Å²) >= 11 is 13.7. The number of hydrogen-bond donors (Lipinski definition) is 0. The van der Waals surface area contributed by atoms with Crippen LogP contribution in [-0.2, 0) is 17.1 Å². The van der Waals surface area contributed by atoms with Gasteiger partial charge in [-0.25, -0.2) is 9.97 Å². The summed E-state index contributed by atoms with van der Waals surface area (Å²) in [5.74, 6) is 1.34. The van der Waals surface area contributed by atoms with Crippen molar-refractivity contribution in [1.29, 1.82) is 0 Å². The molecular formula is C14H14Cl2N2OS. The number of rotatable bonds is 6. The Balaban J connectivity index is 2.05. The van der Waals surface area contributed by atoms with Gasteiger partial charge in [-0.05, 0) is 18.6 Å². The number of halogens is 2. The van der Waals surface area contributed by atoms with Crippen LogP contribution in [0.2, 0.25) is 10.2 Å². The van der Waals surface area contributed by atoms with Gasteiger partial charge in [0.15, 0.2) is 5.82 Å². The molecule has 0 unspecified atom stereocenters. The van der Waals surface area contributed by atoms with Crippen molar-refractivity contribution in [3.63, 3.8) is 0 Å². The van der Waals surface area contributed by atoms with Gasteiger partial charge in [0.2, 0.25) is 0 Å². The molecule has 0 fully saturated rings. The molecule has 1 aromatic carbocycles. The first-order chi connectivity index (χ1) is 9.69. The fraction of sp³-hybridized carbons (Fsp3) is 0.286. The topological polar surface area (TPSA) is 35.0 Å². The van der Waals surface area contributed by atoms with Crippen LogP contribution < -0.4 is 0 Å². The highest BCUT2D eigenvalue weighted by atomic mass is 35.5. The maximum Gasteiger partial charge on any atom is 0.156 e. The van der Waals surface area contributed by atoms with E-state index in [1.165, 1.54) is 0 Å². The first-order valence-corrected chi connectivity index (χ1v) is 7.90. The van der Waals surface area contributed by atoms with E-state index in [0.717, 1.165) is 21.4 Å². The van der Waals surface area contributed by atoms with Crippen molar-refractivity contribution < 1.29 is 4.74 Å². The largest absolute Gasteiger partial charge is 0.374 e. The Hall–Kier alpha value is -0.810. The molecule has 3 nitrogen and oxygen atoms in total. The standard InChI is InChI=1S/C14H14Cl2N2OS/c1-2-19-8-13-17-12(16)7-14(18-13)20-9-10-5-3-4-6-11(10)15/h3-7H,2,8-9H2,1H3. The molecule has 1 aromatic heterocycles. The molecule has 0 saturated carbocycles. The van der Waals surface area contributed by atoms with Crippen LogP contribution in [0.4, 0.5) is 0 Å². The smallest absolute Gasteiger partial charge is 0.156 e. The Morgan fingerprint density at radius 2 is 2.00 bits per heavy atom.